The van der Waals surface area contributed by atoms with E-state index in [1.165, 1.54) is 35.8 Å². The first kappa shape index (κ1) is 12.0. The maximum absolute atomic E-state index is 4.48. The van der Waals surface area contributed by atoms with Gasteiger partial charge in [0.1, 0.15) is 5.01 Å². The number of piperidine rings is 1. The smallest absolute Gasteiger partial charge is 0.107 e. The number of aromatic nitrogens is 1. The van der Waals surface area contributed by atoms with Crippen LogP contribution in [0.3, 0.4) is 0 Å². The standard InChI is InChI=1S/C12H21N3S/c1-3-11-8-14-12(16-11)9-15-6-4-10(13-2)5-7-15/h8,10,13H,3-7,9H2,1-2H3. The van der Waals surface area contributed by atoms with E-state index >= 15 is 0 Å². The van der Waals surface area contributed by atoms with Crippen molar-refractivity contribution in [3.63, 3.8) is 0 Å². The van der Waals surface area contributed by atoms with Gasteiger partial charge in [-0.2, -0.15) is 0 Å². The number of rotatable bonds is 4. The van der Waals surface area contributed by atoms with Crippen molar-refractivity contribution in [3.05, 3.63) is 16.1 Å². The lowest BCUT2D eigenvalue weighted by atomic mass is 10.1. The molecule has 1 saturated heterocycles. The monoisotopic (exact) mass is 239 g/mol. The molecule has 16 heavy (non-hydrogen) atoms. The molecule has 0 atom stereocenters. The quantitative estimate of drug-likeness (QED) is 0.869. The van der Waals surface area contributed by atoms with Gasteiger partial charge < -0.3 is 5.32 Å². The fourth-order valence-corrected chi connectivity index (χ4v) is 3.06. The number of nitrogens with zero attached hydrogens (tertiary/aromatic N) is 2. The average Bonchev–Trinajstić information content (AvgIpc) is 2.78. The van der Waals surface area contributed by atoms with Crippen LogP contribution in [0.2, 0.25) is 0 Å². The summed E-state index contributed by atoms with van der Waals surface area (Å²) in [5.41, 5.74) is 0. The Balaban J connectivity index is 1.82. The second-order valence-electron chi connectivity index (χ2n) is 4.41. The Morgan fingerprint density at radius 2 is 2.25 bits per heavy atom. The molecule has 0 aliphatic carbocycles. The van der Waals surface area contributed by atoms with Gasteiger partial charge in [-0.15, -0.1) is 11.3 Å². The zero-order valence-corrected chi connectivity index (χ0v) is 11.0. The summed E-state index contributed by atoms with van der Waals surface area (Å²) in [6.07, 6.45) is 5.67. The molecule has 0 spiro atoms. The molecule has 0 radical (unpaired) electrons. The van der Waals surface area contributed by atoms with Crippen molar-refractivity contribution in [2.45, 2.75) is 38.8 Å². The number of hydrogen-bond donors (Lipinski definition) is 1. The van der Waals surface area contributed by atoms with Gasteiger partial charge in [0.25, 0.3) is 0 Å². The highest BCUT2D eigenvalue weighted by atomic mass is 32.1. The number of hydrogen-bond acceptors (Lipinski definition) is 4. The van der Waals surface area contributed by atoms with Gasteiger partial charge in [0.2, 0.25) is 0 Å². The van der Waals surface area contributed by atoms with Crippen LogP contribution < -0.4 is 5.32 Å². The van der Waals surface area contributed by atoms with Crippen LogP contribution in [-0.4, -0.2) is 36.1 Å². The molecule has 0 aromatic carbocycles. The molecule has 1 aliphatic heterocycles. The summed E-state index contributed by atoms with van der Waals surface area (Å²) in [6.45, 7) is 5.63. The van der Waals surface area contributed by atoms with E-state index in [4.69, 9.17) is 0 Å². The van der Waals surface area contributed by atoms with Crippen molar-refractivity contribution in [1.82, 2.24) is 15.2 Å². The van der Waals surface area contributed by atoms with E-state index in [0.29, 0.717) is 0 Å². The molecule has 0 amide bonds. The first-order valence-electron chi connectivity index (χ1n) is 6.15. The lowest BCUT2D eigenvalue weighted by molar-refractivity contribution is 0.194. The normalized spacial score (nSPS) is 19.1. The molecule has 3 nitrogen and oxygen atoms in total. The fourth-order valence-electron chi connectivity index (χ4n) is 2.16. The molecule has 2 rings (SSSR count). The minimum absolute atomic E-state index is 0.721. The average molecular weight is 239 g/mol. The first-order valence-corrected chi connectivity index (χ1v) is 6.96. The molecule has 1 aromatic rings. The summed E-state index contributed by atoms with van der Waals surface area (Å²) in [5, 5.41) is 4.64. The van der Waals surface area contributed by atoms with Crippen molar-refractivity contribution in [2.24, 2.45) is 0 Å². The van der Waals surface area contributed by atoms with Gasteiger partial charge in [-0.1, -0.05) is 6.92 Å². The number of aryl methyl sites for hydroxylation is 1. The van der Waals surface area contributed by atoms with Crippen molar-refractivity contribution < 1.29 is 0 Å². The van der Waals surface area contributed by atoms with Gasteiger partial charge >= 0.3 is 0 Å². The largest absolute Gasteiger partial charge is 0.317 e. The number of nitrogens with one attached hydrogen (secondary N) is 1. The van der Waals surface area contributed by atoms with Crippen LogP contribution in [0.4, 0.5) is 0 Å². The Morgan fingerprint density at radius 1 is 1.50 bits per heavy atom. The topological polar surface area (TPSA) is 28.2 Å². The number of thiazole rings is 1. The van der Waals surface area contributed by atoms with Crippen LogP contribution >= 0.6 is 11.3 Å². The van der Waals surface area contributed by atoms with Gasteiger partial charge in [-0.3, -0.25) is 4.90 Å². The molecule has 4 heteroatoms. The fraction of sp³-hybridized carbons (Fsp3) is 0.750. The van der Waals surface area contributed by atoms with Gasteiger partial charge in [0.15, 0.2) is 0 Å². The first-order chi connectivity index (χ1) is 7.81. The van der Waals surface area contributed by atoms with E-state index in [9.17, 15) is 0 Å². The Kier molecular flexibility index (Phi) is 4.32. The molecule has 2 heterocycles. The van der Waals surface area contributed by atoms with E-state index in [0.717, 1.165) is 19.0 Å². The Bertz CT molecular complexity index is 316. The molecule has 1 aromatic heterocycles. The summed E-state index contributed by atoms with van der Waals surface area (Å²) in [4.78, 5) is 8.40. The maximum Gasteiger partial charge on any atom is 0.107 e. The third-order valence-electron chi connectivity index (χ3n) is 3.30. The summed E-state index contributed by atoms with van der Waals surface area (Å²) in [5.74, 6) is 0. The lowest BCUT2D eigenvalue weighted by Gasteiger charge is -2.31. The van der Waals surface area contributed by atoms with Crippen molar-refractivity contribution in [2.75, 3.05) is 20.1 Å². The molecular weight excluding hydrogens is 218 g/mol. The van der Waals surface area contributed by atoms with Crippen molar-refractivity contribution >= 4 is 11.3 Å². The van der Waals surface area contributed by atoms with Crippen LogP contribution in [0.25, 0.3) is 0 Å². The van der Waals surface area contributed by atoms with E-state index < -0.39 is 0 Å². The molecule has 0 saturated carbocycles. The van der Waals surface area contributed by atoms with E-state index in [1.54, 1.807) is 0 Å². The Labute approximate surface area is 102 Å². The van der Waals surface area contributed by atoms with Crippen LogP contribution in [0.1, 0.15) is 29.7 Å². The molecule has 1 fully saturated rings. The highest BCUT2D eigenvalue weighted by Gasteiger charge is 2.18. The predicted octanol–water partition coefficient (Wildman–Crippen LogP) is 1.89. The SMILES string of the molecule is CCc1cnc(CN2CCC(NC)CC2)s1. The minimum Gasteiger partial charge on any atom is -0.317 e. The zero-order chi connectivity index (χ0) is 11.4. The molecular formula is C12H21N3S. The molecule has 1 N–H and O–H groups in total. The molecule has 90 valence electrons. The number of likely N-dealkylation sites (tertiary alicyclic amines) is 1. The maximum atomic E-state index is 4.48. The van der Waals surface area contributed by atoms with Gasteiger partial charge in [-0.25, -0.2) is 4.98 Å². The third-order valence-corrected chi connectivity index (χ3v) is 4.43. The second-order valence-corrected chi connectivity index (χ2v) is 5.61. The van der Waals surface area contributed by atoms with Crippen LogP contribution in [0.5, 0.6) is 0 Å². The minimum atomic E-state index is 0.721. The molecule has 0 unspecified atom stereocenters. The lowest BCUT2D eigenvalue weighted by Crippen LogP contribution is -2.40. The highest BCUT2D eigenvalue weighted by Crippen LogP contribution is 2.18. The molecule has 0 bridgehead atoms. The zero-order valence-electron chi connectivity index (χ0n) is 10.2. The summed E-state index contributed by atoms with van der Waals surface area (Å²) >= 11 is 1.86. The summed E-state index contributed by atoms with van der Waals surface area (Å²) < 4.78 is 0. The van der Waals surface area contributed by atoms with Gasteiger partial charge in [-0.05, 0) is 26.3 Å². The van der Waals surface area contributed by atoms with E-state index in [1.807, 2.05) is 17.5 Å². The van der Waals surface area contributed by atoms with E-state index in [2.05, 4.69) is 29.2 Å². The van der Waals surface area contributed by atoms with E-state index in [-0.39, 0.29) is 0 Å². The molecule has 1 aliphatic rings. The van der Waals surface area contributed by atoms with Crippen LogP contribution in [-0.2, 0) is 13.0 Å². The van der Waals surface area contributed by atoms with Crippen LogP contribution in [0.15, 0.2) is 6.20 Å². The second kappa shape index (κ2) is 5.75. The van der Waals surface area contributed by atoms with Crippen molar-refractivity contribution in [3.8, 4) is 0 Å². The third kappa shape index (κ3) is 3.03. The van der Waals surface area contributed by atoms with Gasteiger partial charge in [0, 0.05) is 30.2 Å². The predicted molar refractivity (Wildman–Crippen MR) is 68.9 cm³/mol. The van der Waals surface area contributed by atoms with Gasteiger partial charge in [0.05, 0.1) is 6.54 Å². The summed E-state index contributed by atoms with van der Waals surface area (Å²) in [7, 11) is 2.06. The highest BCUT2D eigenvalue weighted by molar-refractivity contribution is 7.11. The van der Waals surface area contributed by atoms with Crippen LogP contribution in [0, 0.1) is 0 Å². The van der Waals surface area contributed by atoms with Crippen molar-refractivity contribution in [1.29, 1.82) is 0 Å². The Hall–Kier alpha value is -0.450. The Morgan fingerprint density at radius 3 is 2.81 bits per heavy atom. The summed E-state index contributed by atoms with van der Waals surface area (Å²) in [6, 6.07) is 0.721.